The maximum Gasteiger partial charge on any atom is 0.190 e. The van der Waals surface area contributed by atoms with Crippen molar-refractivity contribution in [2.24, 2.45) is 4.99 Å². The van der Waals surface area contributed by atoms with Crippen LogP contribution in [0.15, 0.2) is 27.7 Å². The summed E-state index contributed by atoms with van der Waals surface area (Å²) in [5.74, 6) is 0.687. The Labute approximate surface area is 182 Å². The molecule has 0 atom stereocenters. The maximum atomic E-state index is 13.8. The Morgan fingerprint density at radius 3 is 2.50 bits per heavy atom. The summed E-state index contributed by atoms with van der Waals surface area (Å²) in [6, 6.07) is 5.24. The predicted molar refractivity (Wildman–Crippen MR) is 122 cm³/mol. The molecule has 1 aliphatic heterocycles. The van der Waals surface area contributed by atoms with Crippen molar-refractivity contribution in [3.8, 4) is 0 Å². The van der Waals surface area contributed by atoms with Gasteiger partial charge in [-0.25, -0.2) is 4.39 Å². The second kappa shape index (κ2) is 13.7. The second-order valence-corrected chi connectivity index (χ2v) is 7.44. The molecule has 1 fully saturated rings. The van der Waals surface area contributed by atoms with Crippen molar-refractivity contribution in [3.05, 3.63) is 34.1 Å². The summed E-state index contributed by atoms with van der Waals surface area (Å²) in [6.07, 6.45) is 6.69. The van der Waals surface area contributed by atoms with Crippen molar-refractivity contribution in [2.75, 3.05) is 39.8 Å². The Hall–Kier alpha value is -0.410. The molecule has 1 aromatic carbocycles. The topological polar surface area (TPSA) is 39.7 Å². The van der Waals surface area contributed by atoms with Crippen LogP contribution in [0.1, 0.15) is 37.7 Å². The monoisotopic (exact) mass is 540 g/mol. The Morgan fingerprint density at radius 2 is 1.85 bits per heavy atom. The molecule has 1 aromatic rings. The summed E-state index contributed by atoms with van der Waals surface area (Å²) in [5.41, 5.74) is 0.759. The average Bonchev–Trinajstić information content (AvgIpc) is 3.11. The predicted octanol–water partition coefficient (Wildman–Crippen LogP) is 4.18. The molecule has 1 aliphatic rings. The summed E-state index contributed by atoms with van der Waals surface area (Å²) < 4.78 is 14.5. The molecule has 0 spiro atoms. The van der Waals surface area contributed by atoms with Gasteiger partial charge in [0.2, 0.25) is 0 Å². The first-order valence-electron chi connectivity index (χ1n) is 9.30. The van der Waals surface area contributed by atoms with Crippen LogP contribution in [0.5, 0.6) is 0 Å². The number of rotatable bonds is 9. The summed E-state index contributed by atoms with van der Waals surface area (Å²) in [5, 5.41) is 6.65. The van der Waals surface area contributed by atoms with Crippen LogP contribution in [-0.4, -0.2) is 50.6 Å². The number of hydrogen-bond donors (Lipinski definition) is 2. The van der Waals surface area contributed by atoms with E-state index in [-0.39, 0.29) is 29.8 Å². The van der Waals surface area contributed by atoms with Crippen LogP contribution in [0.4, 0.5) is 4.39 Å². The lowest BCUT2D eigenvalue weighted by Gasteiger charge is -2.15. The van der Waals surface area contributed by atoms with E-state index in [1.54, 1.807) is 7.05 Å². The van der Waals surface area contributed by atoms with E-state index in [1.807, 2.05) is 12.1 Å². The van der Waals surface area contributed by atoms with E-state index in [1.165, 1.54) is 45.0 Å². The minimum absolute atomic E-state index is 0. The summed E-state index contributed by atoms with van der Waals surface area (Å²) in [4.78, 5) is 6.79. The van der Waals surface area contributed by atoms with E-state index in [9.17, 15) is 4.39 Å². The van der Waals surface area contributed by atoms with Crippen LogP contribution in [-0.2, 0) is 6.42 Å². The molecule has 0 unspecified atom stereocenters. The van der Waals surface area contributed by atoms with Gasteiger partial charge in [0.05, 0.1) is 0 Å². The lowest BCUT2D eigenvalue weighted by molar-refractivity contribution is 0.330. The molecule has 4 nitrogen and oxygen atoms in total. The molecule has 26 heavy (non-hydrogen) atoms. The number of aryl methyl sites for hydroxylation is 1. The average molecular weight is 541 g/mol. The number of hydrogen-bond acceptors (Lipinski definition) is 2. The number of likely N-dealkylation sites (tertiary alicyclic amines) is 1. The number of benzene rings is 1. The highest BCUT2D eigenvalue weighted by Gasteiger charge is 2.10. The Bertz CT molecular complexity index is 550. The fraction of sp³-hybridized carbons (Fsp3) is 0.632. The second-order valence-electron chi connectivity index (χ2n) is 6.52. The lowest BCUT2D eigenvalue weighted by atomic mass is 10.1. The molecule has 0 bridgehead atoms. The number of aliphatic imine (C=N–C) groups is 1. The Kier molecular flexibility index (Phi) is 12.5. The van der Waals surface area contributed by atoms with E-state index >= 15 is 0 Å². The van der Waals surface area contributed by atoms with E-state index in [4.69, 9.17) is 0 Å². The highest BCUT2D eigenvalue weighted by Crippen LogP contribution is 2.16. The molecule has 0 aromatic heterocycles. The molecule has 7 heteroatoms. The molecule has 2 rings (SSSR count). The lowest BCUT2D eigenvalue weighted by Crippen LogP contribution is -2.38. The standard InChI is InChI=1S/C19H30BrFN4.HI/c1-22-19(23-10-2-3-12-25-13-4-5-14-25)24-11-6-7-16-8-9-17(20)15-18(16)21;/h8-9,15H,2-7,10-14H2,1H3,(H2,22,23,24);1H. The summed E-state index contributed by atoms with van der Waals surface area (Å²) in [7, 11) is 1.79. The molecule has 0 amide bonds. The van der Waals surface area contributed by atoms with Gasteiger partial charge in [-0.2, -0.15) is 0 Å². The zero-order valence-corrected chi connectivity index (χ0v) is 19.5. The number of nitrogens with zero attached hydrogens (tertiary/aromatic N) is 2. The van der Waals surface area contributed by atoms with E-state index in [0.29, 0.717) is 0 Å². The first-order chi connectivity index (χ1) is 12.2. The largest absolute Gasteiger partial charge is 0.356 e. The van der Waals surface area contributed by atoms with Gasteiger partial charge >= 0.3 is 0 Å². The number of guanidine groups is 1. The minimum Gasteiger partial charge on any atom is -0.356 e. The van der Waals surface area contributed by atoms with Crippen LogP contribution in [0.2, 0.25) is 0 Å². The quantitative estimate of drug-likeness (QED) is 0.214. The fourth-order valence-corrected chi connectivity index (χ4v) is 3.44. The van der Waals surface area contributed by atoms with Crippen molar-refractivity contribution >= 4 is 45.9 Å². The van der Waals surface area contributed by atoms with E-state index in [2.05, 4.69) is 36.5 Å². The zero-order valence-electron chi connectivity index (χ0n) is 15.6. The summed E-state index contributed by atoms with van der Waals surface area (Å²) in [6.45, 7) is 5.48. The van der Waals surface area contributed by atoms with Crippen molar-refractivity contribution in [3.63, 3.8) is 0 Å². The van der Waals surface area contributed by atoms with Gasteiger partial charge in [-0.15, -0.1) is 24.0 Å². The number of nitrogens with one attached hydrogen (secondary N) is 2. The minimum atomic E-state index is -0.144. The molecular weight excluding hydrogens is 510 g/mol. The van der Waals surface area contributed by atoms with Gasteiger partial charge in [0.1, 0.15) is 5.82 Å². The first kappa shape index (κ1) is 23.6. The molecular formula is C19H31BrFIN4. The van der Waals surface area contributed by atoms with Gasteiger partial charge in [0.15, 0.2) is 5.96 Å². The molecule has 0 aliphatic carbocycles. The van der Waals surface area contributed by atoms with Gasteiger partial charge in [0, 0.05) is 24.6 Å². The molecule has 0 saturated carbocycles. The van der Waals surface area contributed by atoms with Crippen LogP contribution in [0, 0.1) is 5.82 Å². The zero-order chi connectivity index (χ0) is 17.9. The van der Waals surface area contributed by atoms with Gasteiger partial charge in [-0.05, 0) is 75.9 Å². The highest BCUT2D eigenvalue weighted by molar-refractivity contribution is 14.0. The van der Waals surface area contributed by atoms with Gasteiger partial charge in [-0.1, -0.05) is 22.0 Å². The van der Waals surface area contributed by atoms with Crippen LogP contribution in [0.25, 0.3) is 0 Å². The first-order valence-corrected chi connectivity index (χ1v) is 10.1. The number of unbranched alkanes of at least 4 members (excludes halogenated alkanes) is 1. The third kappa shape index (κ3) is 8.99. The molecule has 0 radical (unpaired) electrons. The van der Waals surface area contributed by atoms with Crippen LogP contribution in [0.3, 0.4) is 0 Å². The van der Waals surface area contributed by atoms with Gasteiger partial charge in [-0.3, -0.25) is 4.99 Å². The Balaban J connectivity index is 0.00000338. The normalized spacial score (nSPS) is 15.0. The van der Waals surface area contributed by atoms with Gasteiger partial charge in [0.25, 0.3) is 0 Å². The van der Waals surface area contributed by atoms with Crippen LogP contribution < -0.4 is 10.6 Å². The van der Waals surface area contributed by atoms with Gasteiger partial charge < -0.3 is 15.5 Å². The molecule has 1 saturated heterocycles. The highest BCUT2D eigenvalue weighted by atomic mass is 127. The van der Waals surface area contributed by atoms with Crippen molar-refractivity contribution in [2.45, 2.75) is 38.5 Å². The fourth-order valence-electron chi connectivity index (χ4n) is 3.10. The van der Waals surface area contributed by atoms with Crippen LogP contribution >= 0.6 is 39.9 Å². The summed E-state index contributed by atoms with van der Waals surface area (Å²) >= 11 is 3.28. The van der Waals surface area contributed by atoms with Crippen molar-refractivity contribution in [1.82, 2.24) is 15.5 Å². The number of halogens is 3. The SMILES string of the molecule is CN=C(NCCCCN1CCCC1)NCCCc1ccc(Br)cc1F.I. The molecule has 148 valence electrons. The van der Waals surface area contributed by atoms with E-state index in [0.717, 1.165) is 48.3 Å². The molecule has 1 heterocycles. The Morgan fingerprint density at radius 1 is 1.15 bits per heavy atom. The third-order valence-corrected chi connectivity index (χ3v) is 5.04. The van der Waals surface area contributed by atoms with Crippen molar-refractivity contribution < 1.29 is 4.39 Å². The van der Waals surface area contributed by atoms with Crippen molar-refractivity contribution in [1.29, 1.82) is 0 Å². The van der Waals surface area contributed by atoms with E-state index < -0.39 is 0 Å². The molecule has 2 N–H and O–H groups in total. The smallest absolute Gasteiger partial charge is 0.190 e. The maximum absolute atomic E-state index is 13.8. The third-order valence-electron chi connectivity index (χ3n) is 4.55.